The maximum Gasteiger partial charge on any atom is 0.129 e. The fourth-order valence-corrected chi connectivity index (χ4v) is 3.81. The minimum Gasteiger partial charge on any atom is -0.101 e. The molecule has 0 N–H and O–H groups in total. The lowest BCUT2D eigenvalue weighted by Crippen LogP contribution is -2.11. The van der Waals surface area contributed by atoms with Gasteiger partial charge in [0, 0.05) is 5.41 Å². The Morgan fingerprint density at radius 3 is 2.64 bits per heavy atom. The Labute approximate surface area is 94.2 Å². The Balaban J connectivity index is 2.20. The molecular formula is C12H12Cl2. The predicted molar refractivity (Wildman–Crippen MR) is 60.2 cm³/mol. The number of fused-ring (bicyclic) bond motifs is 2. The van der Waals surface area contributed by atoms with Crippen molar-refractivity contribution in [2.24, 2.45) is 0 Å². The van der Waals surface area contributed by atoms with E-state index < -0.39 is 4.33 Å². The molecule has 2 aliphatic rings. The van der Waals surface area contributed by atoms with Gasteiger partial charge in [0.1, 0.15) is 4.33 Å². The molecule has 0 heterocycles. The molecule has 1 atom stereocenters. The molecule has 2 aliphatic carbocycles. The van der Waals surface area contributed by atoms with Gasteiger partial charge in [-0.15, -0.1) is 23.2 Å². The van der Waals surface area contributed by atoms with E-state index in [2.05, 4.69) is 25.1 Å². The molecule has 3 rings (SSSR count). The van der Waals surface area contributed by atoms with Gasteiger partial charge in [-0.3, -0.25) is 0 Å². The summed E-state index contributed by atoms with van der Waals surface area (Å²) in [6.45, 7) is 2.16. The summed E-state index contributed by atoms with van der Waals surface area (Å²) in [6, 6.07) is 6.49. The molecule has 0 aliphatic heterocycles. The maximum atomic E-state index is 6.27. The summed E-state index contributed by atoms with van der Waals surface area (Å²) in [5.41, 5.74) is 4.33. The zero-order valence-electron chi connectivity index (χ0n) is 8.11. The fourth-order valence-electron chi connectivity index (χ4n) is 2.97. The largest absolute Gasteiger partial charge is 0.129 e. The number of hydrogen-bond donors (Lipinski definition) is 0. The zero-order valence-corrected chi connectivity index (χ0v) is 9.62. The van der Waals surface area contributed by atoms with Gasteiger partial charge in [-0.05, 0) is 42.9 Å². The van der Waals surface area contributed by atoms with Gasteiger partial charge in [-0.1, -0.05) is 18.2 Å². The second-order valence-electron chi connectivity index (χ2n) is 4.57. The Hall–Kier alpha value is -0.200. The van der Waals surface area contributed by atoms with E-state index in [0.29, 0.717) is 0 Å². The van der Waals surface area contributed by atoms with Crippen LogP contribution in [0.1, 0.15) is 29.5 Å². The van der Waals surface area contributed by atoms with E-state index >= 15 is 0 Å². The van der Waals surface area contributed by atoms with Crippen LogP contribution in [0.4, 0.5) is 0 Å². The molecule has 0 bridgehead atoms. The molecule has 1 aromatic rings. The van der Waals surface area contributed by atoms with Crippen molar-refractivity contribution in [2.75, 3.05) is 0 Å². The number of alkyl halides is 2. The molecule has 1 spiro atoms. The van der Waals surface area contributed by atoms with Crippen LogP contribution in [0, 0.1) is 6.92 Å². The highest BCUT2D eigenvalue weighted by molar-refractivity contribution is 6.52. The third kappa shape index (κ3) is 0.914. The summed E-state index contributed by atoms with van der Waals surface area (Å²) >= 11 is 12.5. The van der Waals surface area contributed by atoms with E-state index in [1.807, 2.05) is 0 Å². The normalized spacial score (nSPS) is 31.9. The van der Waals surface area contributed by atoms with Gasteiger partial charge in [-0.25, -0.2) is 0 Å². The van der Waals surface area contributed by atoms with Gasteiger partial charge >= 0.3 is 0 Å². The molecule has 1 saturated carbocycles. The van der Waals surface area contributed by atoms with Crippen molar-refractivity contribution < 1.29 is 0 Å². The summed E-state index contributed by atoms with van der Waals surface area (Å²) in [7, 11) is 0. The summed E-state index contributed by atoms with van der Waals surface area (Å²) in [5, 5.41) is 0. The molecule has 0 radical (unpaired) electrons. The summed E-state index contributed by atoms with van der Waals surface area (Å²) in [5.74, 6) is 0. The molecule has 0 saturated heterocycles. The smallest absolute Gasteiger partial charge is 0.101 e. The van der Waals surface area contributed by atoms with Crippen molar-refractivity contribution >= 4 is 23.2 Å². The van der Waals surface area contributed by atoms with Gasteiger partial charge in [0.25, 0.3) is 0 Å². The lowest BCUT2D eigenvalue weighted by molar-refractivity contribution is 0.668. The summed E-state index contributed by atoms with van der Waals surface area (Å²) in [6.07, 6.45) is 3.19. The lowest BCUT2D eigenvalue weighted by Gasteiger charge is -2.14. The Bertz CT molecular complexity index is 409. The summed E-state index contributed by atoms with van der Waals surface area (Å²) < 4.78 is -0.496. The Kier molecular flexibility index (Phi) is 1.61. The zero-order chi connectivity index (χ0) is 9.97. The molecule has 1 aromatic carbocycles. The van der Waals surface area contributed by atoms with E-state index in [4.69, 9.17) is 23.2 Å². The van der Waals surface area contributed by atoms with Crippen molar-refractivity contribution in [3.63, 3.8) is 0 Å². The highest BCUT2D eigenvalue weighted by Crippen LogP contribution is 2.70. The number of aryl methyl sites for hydroxylation is 2. The third-order valence-corrected chi connectivity index (χ3v) is 4.75. The number of halogens is 2. The second-order valence-corrected chi connectivity index (χ2v) is 6.06. The van der Waals surface area contributed by atoms with Crippen molar-refractivity contribution in [2.45, 2.75) is 35.9 Å². The summed E-state index contributed by atoms with van der Waals surface area (Å²) in [4.78, 5) is 0. The van der Waals surface area contributed by atoms with E-state index in [1.54, 1.807) is 0 Å². The molecule has 14 heavy (non-hydrogen) atoms. The lowest BCUT2D eigenvalue weighted by atomic mass is 9.94. The monoisotopic (exact) mass is 226 g/mol. The van der Waals surface area contributed by atoms with E-state index in [-0.39, 0.29) is 5.41 Å². The number of rotatable bonds is 0. The molecular weight excluding hydrogens is 215 g/mol. The molecule has 0 nitrogen and oxygen atoms in total. The average Bonchev–Trinajstić information content (AvgIpc) is 2.52. The van der Waals surface area contributed by atoms with Gasteiger partial charge in [0.15, 0.2) is 0 Å². The standard InChI is InChI=1S/C12H12Cl2/c1-8-3-2-4-9-5-6-11(10(8)9)7-12(11,13)14/h2-4H,5-7H2,1H3. The average molecular weight is 227 g/mol. The van der Waals surface area contributed by atoms with Crippen LogP contribution in [0.25, 0.3) is 0 Å². The van der Waals surface area contributed by atoms with Crippen LogP contribution in [-0.2, 0) is 11.8 Å². The maximum absolute atomic E-state index is 6.27. The van der Waals surface area contributed by atoms with Gasteiger partial charge in [0.2, 0.25) is 0 Å². The molecule has 1 fully saturated rings. The van der Waals surface area contributed by atoms with Crippen LogP contribution in [0.15, 0.2) is 18.2 Å². The van der Waals surface area contributed by atoms with Crippen molar-refractivity contribution in [3.8, 4) is 0 Å². The van der Waals surface area contributed by atoms with Crippen LogP contribution in [0.2, 0.25) is 0 Å². The molecule has 2 heteroatoms. The molecule has 0 amide bonds. The Morgan fingerprint density at radius 2 is 2.00 bits per heavy atom. The number of hydrogen-bond acceptors (Lipinski definition) is 0. The topological polar surface area (TPSA) is 0 Å². The third-order valence-electron chi connectivity index (χ3n) is 3.76. The highest BCUT2D eigenvalue weighted by Gasteiger charge is 2.69. The van der Waals surface area contributed by atoms with E-state index in [1.165, 1.54) is 16.7 Å². The van der Waals surface area contributed by atoms with Crippen LogP contribution >= 0.6 is 23.2 Å². The highest BCUT2D eigenvalue weighted by atomic mass is 35.5. The van der Waals surface area contributed by atoms with Crippen molar-refractivity contribution in [1.82, 2.24) is 0 Å². The van der Waals surface area contributed by atoms with E-state index in [9.17, 15) is 0 Å². The van der Waals surface area contributed by atoms with E-state index in [0.717, 1.165) is 19.3 Å². The molecule has 1 unspecified atom stereocenters. The first-order chi connectivity index (χ1) is 6.57. The first-order valence-corrected chi connectivity index (χ1v) is 5.79. The number of benzene rings is 1. The first kappa shape index (κ1) is 9.06. The van der Waals surface area contributed by atoms with Gasteiger partial charge in [-0.2, -0.15) is 0 Å². The fraction of sp³-hybridized carbons (Fsp3) is 0.500. The molecule has 0 aromatic heterocycles. The minimum absolute atomic E-state index is 0.0940. The first-order valence-electron chi connectivity index (χ1n) is 5.04. The van der Waals surface area contributed by atoms with Gasteiger partial charge < -0.3 is 0 Å². The second kappa shape index (κ2) is 2.48. The Morgan fingerprint density at radius 1 is 1.29 bits per heavy atom. The van der Waals surface area contributed by atoms with Crippen molar-refractivity contribution in [3.05, 3.63) is 34.9 Å². The quantitative estimate of drug-likeness (QED) is 0.592. The predicted octanol–water partition coefficient (Wildman–Crippen LogP) is 3.76. The van der Waals surface area contributed by atoms with Gasteiger partial charge in [0.05, 0.1) is 0 Å². The van der Waals surface area contributed by atoms with Crippen LogP contribution in [-0.4, -0.2) is 4.33 Å². The van der Waals surface area contributed by atoms with Crippen LogP contribution in [0.5, 0.6) is 0 Å². The SMILES string of the molecule is Cc1cccc2c1C1(CC2)CC1(Cl)Cl. The van der Waals surface area contributed by atoms with Crippen molar-refractivity contribution in [1.29, 1.82) is 0 Å². The van der Waals surface area contributed by atoms with Crippen LogP contribution < -0.4 is 0 Å². The minimum atomic E-state index is -0.496. The van der Waals surface area contributed by atoms with Crippen LogP contribution in [0.3, 0.4) is 0 Å². The molecule has 74 valence electrons.